The number of amides is 1. The summed E-state index contributed by atoms with van der Waals surface area (Å²) in [5, 5.41) is 28.7. The van der Waals surface area contributed by atoms with Gasteiger partial charge in [-0.3, -0.25) is 10.2 Å². The van der Waals surface area contributed by atoms with E-state index < -0.39 is 23.9 Å². The van der Waals surface area contributed by atoms with Gasteiger partial charge in [-0.25, -0.2) is 9.59 Å². The average molecular weight is 272 g/mol. The van der Waals surface area contributed by atoms with Crippen molar-refractivity contribution in [1.82, 2.24) is 10.6 Å². The number of rotatable bonds is 8. The summed E-state index contributed by atoms with van der Waals surface area (Å²) in [6.45, 7) is 0.306. The molecule has 1 atom stereocenters. The number of carboxylic acid groups (broad SMARTS) is 2. The first-order chi connectivity index (χ1) is 8.82. The summed E-state index contributed by atoms with van der Waals surface area (Å²) in [6.07, 6.45) is 1.86. The fourth-order valence-electron chi connectivity index (χ4n) is 1.15. The number of nitrogens with one attached hydrogen (secondary N) is 3. The van der Waals surface area contributed by atoms with Crippen molar-refractivity contribution in [2.24, 2.45) is 5.73 Å². The Labute approximate surface area is 109 Å². The maximum absolute atomic E-state index is 11.2. The molecule has 0 aliphatic rings. The highest BCUT2D eigenvalue weighted by Crippen LogP contribution is 1.97. The molecule has 19 heavy (non-hydrogen) atoms. The molecule has 0 radical (unpaired) electrons. The molecule has 9 heteroatoms. The van der Waals surface area contributed by atoms with E-state index >= 15 is 0 Å². The van der Waals surface area contributed by atoms with E-state index in [1.807, 2.05) is 0 Å². The van der Waals surface area contributed by atoms with E-state index in [9.17, 15) is 14.4 Å². The molecule has 0 saturated carbocycles. The number of aliphatic carboxylic acids is 2. The number of carbonyl (C=O) groups excluding carboxylic acids is 1. The average Bonchev–Trinajstić information content (AvgIpc) is 2.29. The van der Waals surface area contributed by atoms with Gasteiger partial charge in [-0.05, 0) is 12.8 Å². The quantitative estimate of drug-likeness (QED) is 0.135. The topological polar surface area (TPSA) is 166 Å². The zero-order chi connectivity index (χ0) is 14.8. The third kappa shape index (κ3) is 9.15. The summed E-state index contributed by atoms with van der Waals surface area (Å²) < 4.78 is 0. The molecule has 0 aromatic heterocycles. The molecule has 0 aliphatic heterocycles. The Morgan fingerprint density at radius 2 is 1.89 bits per heavy atom. The molecule has 0 saturated heterocycles. The van der Waals surface area contributed by atoms with Crippen LogP contribution in [0, 0.1) is 5.41 Å². The first-order valence-corrected chi connectivity index (χ1v) is 5.35. The standard InChI is InChI=1S/C10H16N4O5/c11-10(12)13-5-1-2-6(9(18)19)14-7(15)3-4-8(16)17/h3-4,6H,1-2,5H2,(H,14,15)(H,16,17)(H,18,19)(H4,11,12,13)/b4-3-/t6-/m0/s1. The Bertz CT molecular complexity index is 393. The third-order valence-electron chi connectivity index (χ3n) is 1.98. The number of guanidine groups is 1. The first kappa shape index (κ1) is 16.4. The second-order valence-corrected chi connectivity index (χ2v) is 3.55. The van der Waals surface area contributed by atoms with Crippen LogP contribution in [-0.2, 0) is 14.4 Å². The molecule has 0 aliphatic carbocycles. The summed E-state index contributed by atoms with van der Waals surface area (Å²) in [5.41, 5.74) is 5.04. The molecule has 0 heterocycles. The van der Waals surface area contributed by atoms with Gasteiger partial charge in [-0.1, -0.05) is 0 Å². The fourth-order valence-corrected chi connectivity index (χ4v) is 1.15. The van der Waals surface area contributed by atoms with Crippen molar-refractivity contribution < 1.29 is 24.6 Å². The molecule has 0 aromatic rings. The van der Waals surface area contributed by atoms with Crippen molar-refractivity contribution in [3.8, 4) is 0 Å². The maximum Gasteiger partial charge on any atom is 0.328 e. The van der Waals surface area contributed by atoms with E-state index in [-0.39, 0.29) is 12.4 Å². The number of hydrogen-bond donors (Lipinski definition) is 6. The lowest BCUT2D eigenvalue weighted by Crippen LogP contribution is -2.41. The lowest BCUT2D eigenvalue weighted by Gasteiger charge is -2.13. The smallest absolute Gasteiger partial charge is 0.328 e. The monoisotopic (exact) mass is 272 g/mol. The summed E-state index contributed by atoms with van der Waals surface area (Å²) >= 11 is 0. The number of carbonyl (C=O) groups is 3. The van der Waals surface area contributed by atoms with Gasteiger partial charge < -0.3 is 26.6 Å². The summed E-state index contributed by atoms with van der Waals surface area (Å²) in [6, 6.07) is -1.13. The molecule has 0 fully saturated rings. The number of nitrogens with two attached hydrogens (primary N) is 1. The van der Waals surface area contributed by atoms with E-state index in [2.05, 4.69) is 10.6 Å². The van der Waals surface area contributed by atoms with E-state index in [0.717, 1.165) is 6.08 Å². The molecule has 0 aromatic carbocycles. The Balaban J connectivity index is 4.19. The van der Waals surface area contributed by atoms with Crippen LogP contribution < -0.4 is 16.4 Å². The van der Waals surface area contributed by atoms with E-state index in [1.54, 1.807) is 0 Å². The van der Waals surface area contributed by atoms with Gasteiger partial charge >= 0.3 is 11.9 Å². The second kappa shape index (κ2) is 8.50. The van der Waals surface area contributed by atoms with Crippen LogP contribution >= 0.6 is 0 Å². The van der Waals surface area contributed by atoms with Gasteiger partial charge in [0.2, 0.25) is 5.91 Å². The predicted molar refractivity (Wildman–Crippen MR) is 65.5 cm³/mol. The van der Waals surface area contributed by atoms with Gasteiger partial charge in [-0.15, -0.1) is 0 Å². The SMILES string of the molecule is N=C(N)NCCC[C@H](NC(=O)/C=C\C(=O)O)C(=O)O. The van der Waals surface area contributed by atoms with E-state index in [1.165, 1.54) is 0 Å². The highest BCUT2D eigenvalue weighted by molar-refractivity contribution is 5.95. The van der Waals surface area contributed by atoms with Gasteiger partial charge in [0.15, 0.2) is 5.96 Å². The van der Waals surface area contributed by atoms with Crippen molar-refractivity contribution in [2.75, 3.05) is 6.54 Å². The van der Waals surface area contributed by atoms with Crippen LogP contribution in [0.2, 0.25) is 0 Å². The molecule has 9 nitrogen and oxygen atoms in total. The minimum atomic E-state index is -1.30. The van der Waals surface area contributed by atoms with Gasteiger partial charge in [0.25, 0.3) is 0 Å². The van der Waals surface area contributed by atoms with Crippen molar-refractivity contribution in [2.45, 2.75) is 18.9 Å². The second-order valence-electron chi connectivity index (χ2n) is 3.55. The first-order valence-electron chi connectivity index (χ1n) is 5.35. The molecule has 0 unspecified atom stereocenters. The molecule has 106 valence electrons. The minimum Gasteiger partial charge on any atom is -0.480 e. The molecule has 7 N–H and O–H groups in total. The van der Waals surface area contributed by atoms with Crippen molar-refractivity contribution >= 4 is 23.8 Å². The maximum atomic E-state index is 11.2. The Morgan fingerprint density at radius 3 is 2.37 bits per heavy atom. The molecule has 0 bridgehead atoms. The lowest BCUT2D eigenvalue weighted by atomic mass is 10.1. The van der Waals surface area contributed by atoms with Crippen molar-refractivity contribution in [3.05, 3.63) is 12.2 Å². The van der Waals surface area contributed by atoms with Crippen LogP contribution in [0.1, 0.15) is 12.8 Å². The van der Waals surface area contributed by atoms with Crippen LogP contribution in [0.15, 0.2) is 12.2 Å². The van der Waals surface area contributed by atoms with Crippen LogP contribution in [-0.4, -0.2) is 46.6 Å². The van der Waals surface area contributed by atoms with Gasteiger partial charge in [0.05, 0.1) is 0 Å². The summed E-state index contributed by atoms with van der Waals surface area (Å²) in [5.74, 6) is -3.54. The number of hydrogen-bond acceptors (Lipinski definition) is 4. The molecule has 0 spiro atoms. The highest BCUT2D eigenvalue weighted by Gasteiger charge is 2.18. The van der Waals surface area contributed by atoms with Crippen LogP contribution in [0.3, 0.4) is 0 Å². The van der Waals surface area contributed by atoms with Gasteiger partial charge in [-0.2, -0.15) is 0 Å². The zero-order valence-electron chi connectivity index (χ0n) is 10.0. The van der Waals surface area contributed by atoms with Gasteiger partial charge in [0.1, 0.15) is 6.04 Å². The van der Waals surface area contributed by atoms with Crippen molar-refractivity contribution in [3.63, 3.8) is 0 Å². The zero-order valence-corrected chi connectivity index (χ0v) is 10.0. The minimum absolute atomic E-state index is 0.127. The Hall–Kier alpha value is -2.58. The summed E-state index contributed by atoms with van der Waals surface area (Å²) in [4.78, 5) is 32.2. The lowest BCUT2D eigenvalue weighted by molar-refractivity contribution is -0.141. The fraction of sp³-hybridized carbons (Fsp3) is 0.400. The normalized spacial score (nSPS) is 11.8. The van der Waals surface area contributed by atoms with Gasteiger partial charge in [0, 0.05) is 18.7 Å². The van der Waals surface area contributed by atoms with Crippen LogP contribution in [0.4, 0.5) is 0 Å². The molecular formula is C10H16N4O5. The highest BCUT2D eigenvalue weighted by atomic mass is 16.4. The Kier molecular flexibility index (Phi) is 7.35. The van der Waals surface area contributed by atoms with Crippen molar-refractivity contribution in [1.29, 1.82) is 5.41 Å². The largest absolute Gasteiger partial charge is 0.480 e. The predicted octanol–water partition coefficient (Wildman–Crippen LogP) is -1.54. The molecule has 0 rings (SSSR count). The van der Waals surface area contributed by atoms with E-state index in [4.69, 9.17) is 21.4 Å². The van der Waals surface area contributed by atoms with Crippen LogP contribution in [0.5, 0.6) is 0 Å². The van der Waals surface area contributed by atoms with Crippen LogP contribution in [0.25, 0.3) is 0 Å². The molecule has 1 amide bonds. The Morgan fingerprint density at radius 1 is 1.26 bits per heavy atom. The molecular weight excluding hydrogens is 256 g/mol. The third-order valence-corrected chi connectivity index (χ3v) is 1.98. The summed E-state index contributed by atoms with van der Waals surface area (Å²) in [7, 11) is 0. The van der Waals surface area contributed by atoms with E-state index in [0.29, 0.717) is 19.0 Å². The number of carboxylic acids is 2.